The molecule has 0 saturated carbocycles. The van der Waals surface area contributed by atoms with Gasteiger partial charge in [-0.05, 0) is 26.0 Å². The quantitative estimate of drug-likeness (QED) is 0.775. The van der Waals surface area contributed by atoms with E-state index in [-0.39, 0.29) is 11.9 Å². The van der Waals surface area contributed by atoms with Crippen LogP contribution in [0.3, 0.4) is 0 Å². The summed E-state index contributed by atoms with van der Waals surface area (Å²) in [5.74, 6) is 0.724. The van der Waals surface area contributed by atoms with Crippen molar-refractivity contribution in [1.82, 2.24) is 10.6 Å². The largest absolute Gasteiger partial charge is 0.493 e. The molecule has 1 aromatic carbocycles. The Balaban J connectivity index is 2.58. The van der Waals surface area contributed by atoms with E-state index in [0.29, 0.717) is 30.6 Å². The van der Waals surface area contributed by atoms with E-state index in [9.17, 15) is 4.79 Å². The number of halogens is 1. The molecule has 0 unspecified atom stereocenters. The standard InChI is InChI=1S/C16H25ClN2O2/c1-11(2)18-10-13-14(17)6-5-7-15(13)21-9-8-16(20)19-12(3)4/h5-7,11-12,18H,8-10H2,1-4H3,(H,19,20). The fraction of sp³-hybridized carbons (Fsp3) is 0.562. The van der Waals surface area contributed by atoms with Crippen molar-refractivity contribution in [1.29, 1.82) is 0 Å². The predicted molar refractivity (Wildman–Crippen MR) is 86.8 cm³/mol. The van der Waals surface area contributed by atoms with Crippen LogP contribution in [0.4, 0.5) is 0 Å². The second-order valence-corrected chi connectivity index (χ2v) is 5.98. The first-order chi connectivity index (χ1) is 9.90. The highest BCUT2D eigenvalue weighted by molar-refractivity contribution is 6.31. The first-order valence-corrected chi connectivity index (χ1v) is 7.71. The fourth-order valence-electron chi connectivity index (χ4n) is 1.80. The molecule has 0 aliphatic heterocycles. The number of ether oxygens (including phenoxy) is 1. The number of hydrogen-bond donors (Lipinski definition) is 2. The number of nitrogens with one attached hydrogen (secondary N) is 2. The first kappa shape index (κ1) is 17.8. The van der Waals surface area contributed by atoms with E-state index in [1.54, 1.807) is 0 Å². The van der Waals surface area contributed by atoms with Gasteiger partial charge in [0.15, 0.2) is 0 Å². The number of hydrogen-bond acceptors (Lipinski definition) is 3. The van der Waals surface area contributed by atoms with Crippen molar-refractivity contribution >= 4 is 17.5 Å². The van der Waals surface area contributed by atoms with Crippen LogP contribution in [0.1, 0.15) is 39.7 Å². The molecule has 0 heterocycles. The summed E-state index contributed by atoms with van der Waals surface area (Å²) in [7, 11) is 0. The Morgan fingerprint density at radius 3 is 2.57 bits per heavy atom. The maximum atomic E-state index is 11.6. The van der Waals surface area contributed by atoms with Gasteiger partial charge in [-0.25, -0.2) is 0 Å². The molecule has 0 aliphatic rings. The van der Waals surface area contributed by atoms with Gasteiger partial charge in [-0.15, -0.1) is 0 Å². The summed E-state index contributed by atoms with van der Waals surface area (Å²) in [6.07, 6.45) is 0.335. The number of rotatable bonds is 8. The number of amides is 1. The second kappa shape index (κ2) is 8.90. The molecular formula is C16H25ClN2O2. The lowest BCUT2D eigenvalue weighted by Crippen LogP contribution is -2.31. The zero-order chi connectivity index (χ0) is 15.8. The summed E-state index contributed by atoms with van der Waals surface area (Å²) in [6.45, 7) is 9.01. The average molecular weight is 313 g/mol. The van der Waals surface area contributed by atoms with Gasteiger partial charge in [0.1, 0.15) is 5.75 Å². The Hall–Kier alpha value is -1.26. The zero-order valence-corrected chi connectivity index (χ0v) is 14.0. The van der Waals surface area contributed by atoms with E-state index in [4.69, 9.17) is 16.3 Å². The predicted octanol–water partition coefficient (Wildman–Crippen LogP) is 3.13. The van der Waals surface area contributed by atoms with Crippen molar-refractivity contribution in [3.63, 3.8) is 0 Å². The molecule has 21 heavy (non-hydrogen) atoms. The Bertz CT molecular complexity index is 462. The highest BCUT2D eigenvalue weighted by atomic mass is 35.5. The molecule has 0 spiro atoms. The second-order valence-electron chi connectivity index (χ2n) is 5.57. The van der Waals surface area contributed by atoms with Gasteiger partial charge in [0.2, 0.25) is 5.91 Å². The molecular weight excluding hydrogens is 288 g/mol. The molecule has 1 aromatic rings. The van der Waals surface area contributed by atoms with Gasteiger partial charge in [0.05, 0.1) is 13.0 Å². The Morgan fingerprint density at radius 2 is 1.95 bits per heavy atom. The van der Waals surface area contributed by atoms with Crippen LogP contribution >= 0.6 is 11.6 Å². The third kappa shape index (κ3) is 6.82. The van der Waals surface area contributed by atoms with Crippen LogP contribution in [0.15, 0.2) is 18.2 Å². The Morgan fingerprint density at radius 1 is 1.24 bits per heavy atom. The molecule has 1 amide bonds. The summed E-state index contributed by atoms with van der Waals surface area (Å²) >= 11 is 6.22. The molecule has 2 N–H and O–H groups in total. The SMILES string of the molecule is CC(C)NCc1c(Cl)cccc1OCCC(=O)NC(C)C. The minimum atomic E-state index is -0.00566. The number of carbonyl (C=O) groups is 1. The molecule has 1 rings (SSSR count). The summed E-state index contributed by atoms with van der Waals surface area (Å²) in [5, 5.41) is 6.84. The summed E-state index contributed by atoms with van der Waals surface area (Å²) in [5.41, 5.74) is 0.928. The van der Waals surface area contributed by atoms with Gasteiger partial charge in [0.25, 0.3) is 0 Å². The van der Waals surface area contributed by atoms with Gasteiger partial charge in [-0.1, -0.05) is 31.5 Å². The van der Waals surface area contributed by atoms with Crippen LogP contribution < -0.4 is 15.4 Å². The van der Waals surface area contributed by atoms with Gasteiger partial charge in [0, 0.05) is 29.2 Å². The Labute approximate surface area is 132 Å². The van der Waals surface area contributed by atoms with E-state index in [1.165, 1.54) is 0 Å². The highest BCUT2D eigenvalue weighted by Gasteiger charge is 2.10. The lowest BCUT2D eigenvalue weighted by Gasteiger charge is -2.15. The van der Waals surface area contributed by atoms with Crippen molar-refractivity contribution < 1.29 is 9.53 Å². The van der Waals surface area contributed by atoms with Crippen molar-refractivity contribution in [2.24, 2.45) is 0 Å². The van der Waals surface area contributed by atoms with Gasteiger partial charge >= 0.3 is 0 Å². The lowest BCUT2D eigenvalue weighted by atomic mass is 10.2. The molecule has 0 aromatic heterocycles. The molecule has 5 heteroatoms. The van der Waals surface area contributed by atoms with Crippen molar-refractivity contribution in [2.75, 3.05) is 6.61 Å². The summed E-state index contributed by atoms with van der Waals surface area (Å²) in [4.78, 5) is 11.6. The molecule has 0 radical (unpaired) electrons. The minimum absolute atomic E-state index is 0.00566. The molecule has 118 valence electrons. The van der Waals surface area contributed by atoms with E-state index < -0.39 is 0 Å². The summed E-state index contributed by atoms with van der Waals surface area (Å²) in [6, 6.07) is 6.09. The average Bonchev–Trinajstić information content (AvgIpc) is 2.36. The third-order valence-electron chi connectivity index (χ3n) is 2.80. The molecule has 0 bridgehead atoms. The minimum Gasteiger partial charge on any atom is -0.493 e. The highest BCUT2D eigenvalue weighted by Crippen LogP contribution is 2.26. The lowest BCUT2D eigenvalue weighted by molar-refractivity contribution is -0.122. The monoisotopic (exact) mass is 312 g/mol. The van der Waals surface area contributed by atoms with Gasteiger partial charge < -0.3 is 15.4 Å². The Kier molecular flexibility index (Phi) is 7.54. The maximum Gasteiger partial charge on any atom is 0.223 e. The van der Waals surface area contributed by atoms with Crippen LogP contribution in [0.2, 0.25) is 5.02 Å². The van der Waals surface area contributed by atoms with Crippen LogP contribution in [-0.4, -0.2) is 24.6 Å². The van der Waals surface area contributed by atoms with Gasteiger partial charge in [-0.2, -0.15) is 0 Å². The smallest absolute Gasteiger partial charge is 0.223 e. The number of benzene rings is 1. The molecule has 0 fully saturated rings. The normalized spacial score (nSPS) is 11.0. The molecule has 0 saturated heterocycles. The fourth-order valence-corrected chi connectivity index (χ4v) is 2.03. The van der Waals surface area contributed by atoms with Crippen LogP contribution in [-0.2, 0) is 11.3 Å². The van der Waals surface area contributed by atoms with Crippen LogP contribution in [0, 0.1) is 0 Å². The molecule has 0 atom stereocenters. The van der Waals surface area contributed by atoms with E-state index in [0.717, 1.165) is 11.3 Å². The topological polar surface area (TPSA) is 50.4 Å². The summed E-state index contributed by atoms with van der Waals surface area (Å²) < 4.78 is 5.72. The van der Waals surface area contributed by atoms with Crippen molar-refractivity contribution in [3.8, 4) is 5.75 Å². The van der Waals surface area contributed by atoms with Crippen LogP contribution in [0.5, 0.6) is 5.75 Å². The molecule has 0 aliphatic carbocycles. The van der Waals surface area contributed by atoms with Gasteiger partial charge in [-0.3, -0.25) is 4.79 Å². The van der Waals surface area contributed by atoms with E-state index in [1.807, 2.05) is 32.0 Å². The van der Waals surface area contributed by atoms with Crippen molar-refractivity contribution in [2.45, 2.75) is 52.7 Å². The van der Waals surface area contributed by atoms with Crippen molar-refractivity contribution in [3.05, 3.63) is 28.8 Å². The molecule has 4 nitrogen and oxygen atoms in total. The third-order valence-corrected chi connectivity index (χ3v) is 3.15. The maximum absolute atomic E-state index is 11.6. The number of carbonyl (C=O) groups excluding carboxylic acids is 1. The van der Waals surface area contributed by atoms with Crippen LogP contribution in [0.25, 0.3) is 0 Å². The zero-order valence-electron chi connectivity index (χ0n) is 13.2. The van der Waals surface area contributed by atoms with E-state index in [2.05, 4.69) is 24.5 Å². The first-order valence-electron chi connectivity index (χ1n) is 7.33. The van der Waals surface area contributed by atoms with E-state index >= 15 is 0 Å².